The number of aromatic nitrogens is 2. The van der Waals surface area contributed by atoms with Gasteiger partial charge in [0, 0.05) is 41.5 Å². The van der Waals surface area contributed by atoms with E-state index in [0.717, 1.165) is 16.8 Å². The molecule has 2 heterocycles. The van der Waals surface area contributed by atoms with E-state index in [2.05, 4.69) is 20.6 Å². The smallest absolute Gasteiger partial charge is 0.226 e. The summed E-state index contributed by atoms with van der Waals surface area (Å²) in [7, 11) is 0. The zero-order valence-electron chi connectivity index (χ0n) is 19.1. The molecule has 6 heteroatoms. The Labute approximate surface area is 179 Å². The lowest BCUT2D eigenvalue weighted by Gasteiger charge is -2.26. The van der Waals surface area contributed by atoms with Crippen molar-refractivity contribution in [3.05, 3.63) is 59.7 Å². The first kappa shape index (κ1) is 23.5. The van der Waals surface area contributed by atoms with Crippen molar-refractivity contribution in [1.82, 2.24) is 20.6 Å². The summed E-state index contributed by atoms with van der Waals surface area (Å²) in [5.41, 5.74) is 1.68. The van der Waals surface area contributed by atoms with Gasteiger partial charge >= 0.3 is 0 Å². The van der Waals surface area contributed by atoms with Crippen molar-refractivity contribution in [2.75, 3.05) is 0 Å². The molecule has 1 unspecified atom stereocenters. The van der Waals surface area contributed by atoms with E-state index in [1.54, 1.807) is 18.6 Å². The maximum Gasteiger partial charge on any atom is 0.226 e. The maximum absolute atomic E-state index is 12.8. The predicted molar refractivity (Wildman–Crippen MR) is 119 cm³/mol. The molecule has 6 nitrogen and oxygen atoms in total. The number of carbonyl (C=O) groups excluding carboxylic acids is 2. The number of rotatable bonds is 7. The van der Waals surface area contributed by atoms with Gasteiger partial charge in [-0.3, -0.25) is 19.6 Å². The molecular formula is C24H34N4O2. The maximum atomic E-state index is 12.8. The van der Waals surface area contributed by atoms with Gasteiger partial charge in [0.15, 0.2) is 0 Å². The van der Waals surface area contributed by atoms with Crippen molar-refractivity contribution in [2.45, 2.75) is 67.0 Å². The van der Waals surface area contributed by atoms with E-state index in [9.17, 15) is 9.59 Å². The van der Waals surface area contributed by atoms with Crippen molar-refractivity contribution in [3.8, 4) is 0 Å². The van der Waals surface area contributed by atoms with Crippen molar-refractivity contribution < 1.29 is 9.59 Å². The molecule has 2 rings (SSSR count). The molecule has 2 aromatic heterocycles. The van der Waals surface area contributed by atoms with Crippen molar-refractivity contribution in [3.63, 3.8) is 0 Å². The molecule has 2 amide bonds. The Morgan fingerprint density at radius 2 is 1.50 bits per heavy atom. The molecule has 0 aliphatic heterocycles. The van der Waals surface area contributed by atoms with Crippen LogP contribution in [-0.2, 0) is 16.0 Å². The Balaban J connectivity index is 1.99. The summed E-state index contributed by atoms with van der Waals surface area (Å²) < 4.78 is 0. The van der Waals surface area contributed by atoms with Gasteiger partial charge in [-0.15, -0.1) is 0 Å². The number of amides is 2. The van der Waals surface area contributed by atoms with Gasteiger partial charge in [-0.1, -0.05) is 46.8 Å². The van der Waals surface area contributed by atoms with Crippen LogP contribution in [0.4, 0.5) is 0 Å². The van der Waals surface area contributed by atoms with Crippen molar-refractivity contribution in [1.29, 1.82) is 0 Å². The molecule has 2 N–H and O–H groups in total. The Hall–Kier alpha value is -2.76. The Kier molecular flexibility index (Phi) is 7.34. The first-order valence-corrected chi connectivity index (χ1v) is 10.4. The fraction of sp³-hybridized carbons (Fsp3) is 0.500. The summed E-state index contributed by atoms with van der Waals surface area (Å²) in [4.78, 5) is 33.7. The van der Waals surface area contributed by atoms with Crippen LogP contribution in [0.3, 0.4) is 0 Å². The highest BCUT2D eigenvalue weighted by Gasteiger charge is 2.30. The highest BCUT2D eigenvalue weighted by atomic mass is 16.2. The summed E-state index contributed by atoms with van der Waals surface area (Å²) in [6, 6.07) is 7.45. The van der Waals surface area contributed by atoms with Gasteiger partial charge in [0.2, 0.25) is 11.8 Å². The molecule has 0 aromatic carbocycles. The number of nitrogens with zero attached hydrogens (tertiary/aromatic N) is 2. The van der Waals surface area contributed by atoms with E-state index in [4.69, 9.17) is 0 Å². The van der Waals surface area contributed by atoms with Crippen LogP contribution in [0.1, 0.15) is 77.4 Å². The van der Waals surface area contributed by atoms with E-state index in [0.29, 0.717) is 6.42 Å². The fourth-order valence-corrected chi connectivity index (χ4v) is 2.93. The van der Waals surface area contributed by atoms with Gasteiger partial charge in [0.05, 0.1) is 12.1 Å². The van der Waals surface area contributed by atoms with Crippen LogP contribution in [0.2, 0.25) is 0 Å². The van der Waals surface area contributed by atoms with E-state index >= 15 is 0 Å². The first-order chi connectivity index (χ1) is 13.9. The minimum Gasteiger partial charge on any atom is -0.349 e. The van der Waals surface area contributed by atoms with Gasteiger partial charge in [0.25, 0.3) is 0 Å². The van der Waals surface area contributed by atoms with Gasteiger partial charge in [-0.05, 0) is 37.1 Å². The molecule has 30 heavy (non-hydrogen) atoms. The zero-order valence-corrected chi connectivity index (χ0v) is 19.1. The zero-order chi connectivity index (χ0) is 22.5. The Bertz CT molecular complexity index is 855. The number of pyridine rings is 2. The summed E-state index contributed by atoms with van der Waals surface area (Å²) in [5, 5.41) is 6.08. The second-order valence-corrected chi connectivity index (χ2v) is 9.57. The van der Waals surface area contributed by atoms with E-state index in [1.165, 1.54) is 0 Å². The van der Waals surface area contributed by atoms with Crippen molar-refractivity contribution >= 4 is 11.8 Å². The summed E-state index contributed by atoms with van der Waals surface area (Å²) >= 11 is 0. The lowest BCUT2D eigenvalue weighted by Crippen LogP contribution is -2.39. The van der Waals surface area contributed by atoms with Gasteiger partial charge in [-0.25, -0.2) is 0 Å². The Morgan fingerprint density at radius 3 is 2.00 bits per heavy atom. The van der Waals surface area contributed by atoms with Crippen LogP contribution in [0.25, 0.3) is 0 Å². The predicted octanol–water partition coefficient (Wildman–Crippen LogP) is 4.15. The molecule has 0 saturated heterocycles. The molecule has 0 aliphatic rings. The van der Waals surface area contributed by atoms with Crippen LogP contribution in [-0.4, -0.2) is 21.8 Å². The largest absolute Gasteiger partial charge is 0.349 e. The van der Waals surface area contributed by atoms with Crippen LogP contribution >= 0.6 is 0 Å². The molecule has 0 fully saturated rings. The third-order valence-electron chi connectivity index (χ3n) is 5.15. The normalized spacial score (nSPS) is 14.0. The van der Waals surface area contributed by atoms with Crippen molar-refractivity contribution in [2.24, 2.45) is 10.8 Å². The van der Waals surface area contributed by atoms with E-state index < -0.39 is 10.8 Å². The highest BCUT2D eigenvalue weighted by molar-refractivity contribution is 5.82. The lowest BCUT2D eigenvalue weighted by atomic mass is 9.86. The first-order valence-electron chi connectivity index (χ1n) is 10.4. The lowest BCUT2D eigenvalue weighted by molar-refractivity contribution is -0.130. The molecular weight excluding hydrogens is 376 g/mol. The third-order valence-corrected chi connectivity index (χ3v) is 5.15. The Morgan fingerprint density at radius 1 is 0.900 bits per heavy atom. The molecule has 162 valence electrons. The molecule has 0 spiro atoms. The van der Waals surface area contributed by atoms with Crippen LogP contribution < -0.4 is 10.6 Å². The third kappa shape index (κ3) is 6.37. The van der Waals surface area contributed by atoms with E-state index in [1.807, 2.05) is 72.7 Å². The topological polar surface area (TPSA) is 84.0 Å². The van der Waals surface area contributed by atoms with Gasteiger partial charge in [0.1, 0.15) is 0 Å². The molecule has 2 aromatic rings. The number of hydrogen-bond donors (Lipinski definition) is 2. The molecule has 0 saturated carbocycles. The van der Waals surface area contributed by atoms with E-state index in [-0.39, 0.29) is 23.9 Å². The summed E-state index contributed by atoms with van der Waals surface area (Å²) in [5.74, 6) is -0.0323. The van der Waals surface area contributed by atoms with Crippen LogP contribution in [0.15, 0.2) is 42.9 Å². The van der Waals surface area contributed by atoms with Gasteiger partial charge in [-0.2, -0.15) is 0 Å². The summed E-state index contributed by atoms with van der Waals surface area (Å²) in [6.45, 7) is 13.4. The summed E-state index contributed by atoms with van der Waals surface area (Å²) in [6.07, 6.45) is 5.77. The number of hydrogen-bond acceptors (Lipinski definition) is 4. The molecule has 0 bridgehead atoms. The van der Waals surface area contributed by atoms with Crippen LogP contribution in [0, 0.1) is 10.8 Å². The fourth-order valence-electron chi connectivity index (χ4n) is 2.93. The average Bonchev–Trinajstić information content (AvgIpc) is 2.68. The van der Waals surface area contributed by atoms with Gasteiger partial charge < -0.3 is 10.6 Å². The minimum absolute atomic E-state index is 0.000355. The number of carbonyl (C=O) groups is 2. The standard InChI is InChI=1S/C24H34N4O2/c1-16(18-9-8-12-25-14-18)28-22(30)24(6,7)13-20-11-10-19(15-26-20)17(2)27-21(29)23(3,4)5/h8-12,14-17H,13H2,1-7H3,(H,27,29)(H,28,30)/t16-,17?/m1/s1. The minimum atomic E-state index is -0.614. The second kappa shape index (κ2) is 9.37. The number of nitrogens with one attached hydrogen (secondary N) is 2. The highest BCUT2D eigenvalue weighted by Crippen LogP contribution is 2.24. The molecule has 2 atom stereocenters. The second-order valence-electron chi connectivity index (χ2n) is 9.57. The molecule has 0 radical (unpaired) electrons. The average molecular weight is 411 g/mol. The van der Waals surface area contributed by atoms with Crippen LogP contribution in [0.5, 0.6) is 0 Å². The SMILES string of the molecule is CC(NC(=O)C(C)(C)C)c1ccc(CC(C)(C)C(=O)N[C@H](C)c2cccnc2)nc1. The monoisotopic (exact) mass is 410 g/mol. The quantitative estimate of drug-likeness (QED) is 0.718. The molecule has 0 aliphatic carbocycles.